The summed E-state index contributed by atoms with van der Waals surface area (Å²) in [5, 5.41) is 2.08. The van der Waals surface area contributed by atoms with E-state index in [-0.39, 0.29) is 5.56 Å². The third-order valence-corrected chi connectivity index (χ3v) is 3.13. The van der Waals surface area contributed by atoms with Crippen molar-refractivity contribution >= 4 is 11.6 Å². The van der Waals surface area contributed by atoms with Crippen molar-refractivity contribution in [2.45, 2.75) is 18.8 Å². The maximum atomic E-state index is 12.8. The zero-order chi connectivity index (χ0) is 18.0. The molecule has 0 spiro atoms. The Morgan fingerprint density at radius 2 is 1.54 bits per heavy atom. The molecule has 0 saturated carbocycles. The van der Waals surface area contributed by atoms with Crippen LogP contribution in [0.15, 0.2) is 48.5 Å². The van der Waals surface area contributed by atoms with E-state index in [0.717, 1.165) is 30.3 Å². The number of carbonyl (C=O) groups is 1. The lowest BCUT2D eigenvalue weighted by Gasteiger charge is -2.14. The smallest absolute Gasteiger partial charge is 0.325 e. The number of para-hydroxylation sites is 1. The van der Waals surface area contributed by atoms with Crippen molar-refractivity contribution in [2.75, 3.05) is 5.32 Å². The maximum Gasteiger partial charge on any atom is 0.418 e. The van der Waals surface area contributed by atoms with Crippen molar-refractivity contribution in [2.24, 2.45) is 0 Å². The monoisotopic (exact) mass is 347 g/mol. The van der Waals surface area contributed by atoms with Gasteiger partial charge in [0.1, 0.15) is 0 Å². The molecule has 0 atom stereocenters. The molecule has 24 heavy (non-hydrogen) atoms. The Kier molecular flexibility index (Phi) is 4.86. The Hall–Kier alpha value is -2.51. The molecule has 2 aromatic rings. The van der Waals surface area contributed by atoms with Crippen molar-refractivity contribution < 1.29 is 31.1 Å². The van der Waals surface area contributed by atoms with Crippen LogP contribution in [0.5, 0.6) is 0 Å². The molecule has 0 unspecified atom stereocenters. The van der Waals surface area contributed by atoms with E-state index >= 15 is 0 Å². The first kappa shape index (κ1) is 17.8. The summed E-state index contributed by atoms with van der Waals surface area (Å²) in [5.41, 5.74) is -2.35. The van der Waals surface area contributed by atoms with Gasteiger partial charge in [-0.05, 0) is 23.8 Å². The number of amides is 1. The molecule has 1 amide bonds. The van der Waals surface area contributed by atoms with E-state index in [9.17, 15) is 31.1 Å². The lowest BCUT2D eigenvalue weighted by Crippen LogP contribution is -2.18. The number of halogens is 6. The highest BCUT2D eigenvalue weighted by Crippen LogP contribution is 2.34. The molecule has 0 aromatic heterocycles. The molecule has 0 aliphatic heterocycles. The fourth-order valence-electron chi connectivity index (χ4n) is 2.08. The number of rotatable bonds is 3. The normalized spacial score (nSPS) is 12.1. The second-order valence-electron chi connectivity index (χ2n) is 4.97. The summed E-state index contributed by atoms with van der Waals surface area (Å²) in [4.78, 5) is 11.9. The molecule has 0 radical (unpaired) electrons. The Labute approximate surface area is 133 Å². The molecule has 2 aromatic carbocycles. The number of nitrogens with one attached hydrogen (secondary N) is 1. The predicted octanol–water partition coefficient (Wildman–Crippen LogP) is 4.91. The van der Waals surface area contributed by atoms with Crippen molar-refractivity contribution in [1.29, 1.82) is 0 Å². The second kappa shape index (κ2) is 6.54. The topological polar surface area (TPSA) is 29.1 Å². The van der Waals surface area contributed by atoms with Gasteiger partial charge in [-0.1, -0.05) is 30.3 Å². The zero-order valence-corrected chi connectivity index (χ0v) is 12.0. The maximum absolute atomic E-state index is 12.8. The zero-order valence-electron chi connectivity index (χ0n) is 12.0. The van der Waals surface area contributed by atoms with Gasteiger partial charge in [0.25, 0.3) is 0 Å². The Morgan fingerprint density at radius 1 is 0.875 bits per heavy atom. The minimum absolute atomic E-state index is 0.0480. The van der Waals surface area contributed by atoms with Gasteiger partial charge >= 0.3 is 12.4 Å². The number of benzene rings is 2. The highest BCUT2D eigenvalue weighted by molar-refractivity contribution is 5.93. The molecule has 0 aliphatic carbocycles. The summed E-state index contributed by atoms with van der Waals surface area (Å²) in [7, 11) is 0. The number of alkyl halides is 6. The largest absolute Gasteiger partial charge is 0.418 e. The van der Waals surface area contributed by atoms with E-state index < -0.39 is 41.5 Å². The van der Waals surface area contributed by atoms with Crippen LogP contribution in [0.3, 0.4) is 0 Å². The van der Waals surface area contributed by atoms with Crippen molar-refractivity contribution in [3.8, 4) is 0 Å². The second-order valence-corrected chi connectivity index (χ2v) is 4.97. The van der Waals surface area contributed by atoms with E-state index in [2.05, 4.69) is 5.32 Å². The van der Waals surface area contributed by atoms with Gasteiger partial charge in [-0.2, -0.15) is 26.3 Å². The van der Waals surface area contributed by atoms with E-state index in [0.29, 0.717) is 0 Å². The lowest BCUT2D eigenvalue weighted by molar-refractivity contribution is -0.138. The van der Waals surface area contributed by atoms with Crippen LogP contribution in [-0.2, 0) is 23.6 Å². The molecule has 0 aliphatic rings. The van der Waals surface area contributed by atoms with Crippen LogP contribution < -0.4 is 5.32 Å². The predicted molar refractivity (Wildman–Crippen MR) is 75.2 cm³/mol. The third kappa shape index (κ3) is 4.50. The molecule has 0 bridgehead atoms. The fraction of sp³-hybridized carbons (Fsp3) is 0.188. The molecule has 2 rings (SSSR count). The van der Waals surface area contributed by atoms with Gasteiger partial charge in [0, 0.05) is 0 Å². The Morgan fingerprint density at radius 3 is 2.17 bits per heavy atom. The van der Waals surface area contributed by atoms with Crippen LogP contribution in [0.2, 0.25) is 0 Å². The molecule has 2 nitrogen and oxygen atoms in total. The molecule has 1 N–H and O–H groups in total. The van der Waals surface area contributed by atoms with Crippen molar-refractivity contribution in [3.05, 3.63) is 65.2 Å². The van der Waals surface area contributed by atoms with Crippen LogP contribution in [0.25, 0.3) is 0 Å². The quantitative estimate of drug-likeness (QED) is 0.786. The van der Waals surface area contributed by atoms with Gasteiger partial charge in [0.15, 0.2) is 0 Å². The molecule has 0 saturated heterocycles. The summed E-state index contributed by atoms with van der Waals surface area (Å²) < 4.78 is 76.3. The average Bonchev–Trinajstić information content (AvgIpc) is 2.46. The minimum Gasteiger partial charge on any atom is -0.325 e. The molecular weight excluding hydrogens is 336 g/mol. The highest BCUT2D eigenvalue weighted by Gasteiger charge is 2.33. The summed E-state index contributed by atoms with van der Waals surface area (Å²) in [6.07, 6.45) is -9.69. The van der Waals surface area contributed by atoms with Crippen LogP contribution in [-0.4, -0.2) is 5.91 Å². The van der Waals surface area contributed by atoms with Gasteiger partial charge < -0.3 is 5.32 Å². The van der Waals surface area contributed by atoms with Gasteiger partial charge in [0.2, 0.25) is 5.91 Å². The Balaban J connectivity index is 2.16. The molecular formula is C16H11F6NO. The first-order valence-electron chi connectivity index (χ1n) is 6.69. The fourth-order valence-corrected chi connectivity index (χ4v) is 2.08. The van der Waals surface area contributed by atoms with Gasteiger partial charge in [-0.3, -0.25) is 4.79 Å². The van der Waals surface area contributed by atoms with E-state index in [1.807, 2.05) is 0 Å². The van der Waals surface area contributed by atoms with Crippen LogP contribution in [0, 0.1) is 0 Å². The summed E-state index contributed by atoms with van der Waals surface area (Å²) >= 11 is 0. The third-order valence-electron chi connectivity index (χ3n) is 3.13. The van der Waals surface area contributed by atoms with E-state index in [1.54, 1.807) is 0 Å². The Bertz CT molecular complexity index is 736. The van der Waals surface area contributed by atoms with Gasteiger partial charge in [-0.15, -0.1) is 0 Å². The van der Waals surface area contributed by atoms with Crippen LogP contribution >= 0.6 is 0 Å². The summed E-state index contributed by atoms with van der Waals surface area (Å²) in [6.45, 7) is 0. The average molecular weight is 347 g/mol. The summed E-state index contributed by atoms with van der Waals surface area (Å²) in [5.74, 6) is -0.842. The molecule has 128 valence electrons. The molecule has 0 fully saturated rings. The molecule has 8 heteroatoms. The SMILES string of the molecule is O=C(Cc1cccc(C(F)(F)F)c1)Nc1ccccc1C(F)(F)F. The first-order chi connectivity index (χ1) is 11.1. The number of anilines is 1. The van der Waals surface area contributed by atoms with Gasteiger partial charge in [0.05, 0.1) is 23.2 Å². The number of hydrogen-bond acceptors (Lipinski definition) is 1. The lowest BCUT2D eigenvalue weighted by atomic mass is 10.1. The standard InChI is InChI=1S/C16H11F6NO/c17-15(18,19)11-5-3-4-10(8-11)9-14(24)23-13-7-2-1-6-12(13)16(20,21)22/h1-8H,9H2,(H,23,24). The minimum atomic E-state index is -4.65. The van der Waals surface area contributed by atoms with Crippen LogP contribution in [0.1, 0.15) is 16.7 Å². The first-order valence-corrected chi connectivity index (χ1v) is 6.69. The van der Waals surface area contributed by atoms with E-state index in [1.165, 1.54) is 18.2 Å². The molecule has 0 heterocycles. The summed E-state index contributed by atoms with van der Waals surface area (Å²) in [6, 6.07) is 8.43. The van der Waals surface area contributed by atoms with E-state index in [4.69, 9.17) is 0 Å². The number of carbonyl (C=O) groups excluding carboxylic acids is 1. The van der Waals surface area contributed by atoms with Crippen molar-refractivity contribution in [1.82, 2.24) is 0 Å². The van der Waals surface area contributed by atoms with Crippen LogP contribution in [0.4, 0.5) is 32.0 Å². The highest BCUT2D eigenvalue weighted by atomic mass is 19.4. The van der Waals surface area contributed by atoms with Crippen molar-refractivity contribution in [3.63, 3.8) is 0 Å². The number of hydrogen-bond donors (Lipinski definition) is 1. The van der Waals surface area contributed by atoms with Gasteiger partial charge in [-0.25, -0.2) is 0 Å².